The van der Waals surface area contributed by atoms with E-state index in [9.17, 15) is 0 Å². The summed E-state index contributed by atoms with van der Waals surface area (Å²) in [4.78, 5) is 0. The third-order valence-corrected chi connectivity index (χ3v) is 2.93. The lowest BCUT2D eigenvalue weighted by molar-refractivity contribution is 0.218. The van der Waals surface area contributed by atoms with Crippen LogP contribution in [-0.2, 0) is 4.74 Å². The Balaban J connectivity index is 1.91. The Kier molecular flexibility index (Phi) is 4.18. The van der Waals surface area contributed by atoms with Gasteiger partial charge in [0.1, 0.15) is 0 Å². The monoisotopic (exact) mass is 161 g/mol. The molecule has 1 saturated heterocycles. The molecule has 3 heteroatoms. The van der Waals surface area contributed by atoms with Crippen LogP contribution in [0.15, 0.2) is 0 Å². The summed E-state index contributed by atoms with van der Waals surface area (Å²) in [5, 5.41) is 4.18. The van der Waals surface area contributed by atoms with E-state index in [1.165, 1.54) is 19.5 Å². The van der Waals surface area contributed by atoms with Crippen LogP contribution in [0, 0.1) is 0 Å². The fourth-order valence-corrected chi connectivity index (χ4v) is 2.18. The van der Waals surface area contributed by atoms with E-state index in [2.05, 4.69) is 5.32 Å². The number of rotatable bonds is 4. The Hall–Kier alpha value is 0.270. The van der Waals surface area contributed by atoms with Crippen molar-refractivity contribution in [3.63, 3.8) is 0 Å². The van der Waals surface area contributed by atoms with Gasteiger partial charge in [0.05, 0.1) is 6.61 Å². The van der Waals surface area contributed by atoms with Crippen LogP contribution in [0.3, 0.4) is 0 Å². The molecule has 0 aliphatic carbocycles. The van der Waals surface area contributed by atoms with E-state index in [4.69, 9.17) is 4.74 Å². The van der Waals surface area contributed by atoms with Crippen LogP contribution in [0.4, 0.5) is 0 Å². The minimum Gasteiger partial charge on any atom is -0.384 e. The predicted octanol–water partition coefficient (Wildman–Crippen LogP) is 0.728. The average Bonchev–Trinajstić information content (AvgIpc) is 2.41. The molecule has 1 aliphatic rings. The van der Waals surface area contributed by atoms with Crippen LogP contribution < -0.4 is 5.32 Å². The van der Waals surface area contributed by atoms with Gasteiger partial charge in [0.15, 0.2) is 0 Å². The molecule has 0 radical (unpaired) electrons. The first-order chi connectivity index (χ1) is 4.93. The second-order valence-corrected chi connectivity index (χ2v) is 3.89. The van der Waals surface area contributed by atoms with Gasteiger partial charge in [-0.3, -0.25) is 0 Å². The fourth-order valence-electron chi connectivity index (χ4n) is 1.07. The fraction of sp³-hybridized carbons (Fsp3) is 1.00. The number of hydrogen-bond acceptors (Lipinski definition) is 3. The SMILES string of the molecule is COCCSC1CCNC1. The molecule has 1 unspecified atom stereocenters. The van der Waals surface area contributed by atoms with Crippen molar-refractivity contribution in [3.05, 3.63) is 0 Å². The second-order valence-electron chi connectivity index (χ2n) is 2.48. The Bertz CT molecular complexity index is 83.7. The third kappa shape index (κ3) is 2.90. The Morgan fingerprint density at radius 2 is 2.60 bits per heavy atom. The molecule has 60 valence electrons. The minimum absolute atomic E-state index is 0.843. The minimum atomic E-state index is 0.843. The number of ether oxygens (including phenoxy) is 1. The summed E-state index contributed by atoms with van der Waals surface area (Å²) in [6.07, 6.45) is 1.33. The smallest absolute Gasteiger partial charge is 0.0553 e. The van der Waals surface area contributed by atoms with Crippen molar-refractivity contribution in [2.75, 3.05) is 32.6 Å². The molecule has 1 heterocycles. The molecule has 0 aromatic carbocycles. The first kappa shape index (κ1) is 8.37. The van der Waals surface area contributed by atoms with Gasteiger partial charge in [0, 0.05) is 24.7 Å². The zero-order valence-electron chi connectivity index (χ0n) is 6.43. The zero-order valence-corrected chi connectivity index (χ0v) is 7.25. The van der Waals surface area contributed by atoms with E-state index < -0.39 is 0 Å². The van der Waals surface area contributed by atoms with Gasteiger partial charge in [-0.2, -0.15) is 11.8 Å². The molecule has 2 nitrogen and oxygen atoms in total. The molecule has 1 N–H and O–H groups in total. The van der Waals surface area contributed by atoms with E-state index >= 15 is 0 Å². The number of nitrogens with one attached hydrogen (secondary N) is 1. The first-order valence-corrected chi connectivity index (χ1v) is 4.79. The van der Waals surface area contributed by atoms with Crippen molar-refractivity contribution in [3.8, 4) is 0 Å². The molecule has 1 aliphatic heterocycles. The summed E-state index contributed by atoms with van der Waals surface area (Å²) in [7, 11) is 1.76. The van der Waals surface area contributed by atoms with Crippen molar-refractivity contribution in [1.82, 2.24) is 5.32 Å². The van der Waals surface area contributed by atoms with Crippen LogP contribution >= 0.6 is 11.8 Å². The largest absolute Gasteiger partial charge is 0.384 e. The molecule has 1 rings (SSSR count). The summed E-state index contributed by atoms with van der Waals surface area (Å²) >= 11 is 2.02. The zero-order chi connectivity index (χ0) is 7.23. The van der Waals surface area contributed by atoms with Gasteiger partial charge in [-0.1, -0.05) is 0 Å². The lowest BCUT2D eigenvalue weighted by atomic mass is 10.4. The van der Waals surface area contributed by atoms with E-state index in [1.54, 1.807) is 7.11 Å². The molecular formula is C7H15NOS. The lowest BCUT2D eigenvalue weighted by Gasteiger charge is -2.05. The molecule has 0 aromatic heterocycles. The molecule has 0 amide bonds. The Labute approximate surface area is 66.7 Å². The number of thioether (sulfide) groups is 1. The van der Waals surface area contributed by atoms with Crippen molar-refractivity contribution in [2.45, 2.75) is 11.7 Å². The van der Waals surface area contributed by atoms with Crippen LogP contribution in [0.25, 0.3) is 0 Å². The summed E-state index contributed by atoms with van der Waals surface area (Å²) in [6, 6.07) is 0. The highest BCUT2D eigenvalue weighted by molar-refractivity contribution is 7.99. The normalized spacial score (nSPS) is 25.5. The maximum Gasteiger partial charge on any atom is 0.0553 e. The van der Waals surface area contributed by atoms with Crippen LogP contribution in [-0.4, -0.2) is 37.8 Å². The van der Waals surface area contributed by atoms with Crippen LogP contribution in [0.5, 0.6) is 0 Å². The van der Waals surface area contributed by atoms with Crippen LogP contribution in [0.1, 0.15) is 6.42 Å². The molecule has 10 heavy (non-hydrogen) atoms. The highest BCUT2D eigenvalue weighted by Crippen LogP contribution is 2.16. The standard InChI is InChI=1S/C7H15NOS/c1-9-4-5-10-7-2-3-8-6-7/h7-8H,2-6H2,1H3. The third-order valence-electron chi connectivity index (χ3n) is 1.66. The summed E-state index contributed by atoms with van der Waals surface area (Å²) in [6.45, 7) is 3.28. The molecule has 1 fully saturated rings. The predicted molar refractivity (Wildman–Crippen MR) is 45.6 cm³/mol. The van der Waals surface area contributed by atoms with E-state index in [1.807, 2.05) is 11.8 Å². The van der Waals surface area contributed by atoms with Crippen molar-refractivity contribution >= 4 is 11.8 Å². The first-order valence-electron chi connectivity index (χ1n) is 3.74. The highest BCUT2D eigenvalue weighted by atomic mass is 32.2. The molecule has 0 aromatic rings. The van der Waals surface area contributed by atoms with Gasteiger partial charge in [0.2, 0.25) is 0 Å². The van der Waals surface area contributed by atoms with Gasteiger partial charge in [-0.25, -0.2) is 0 Å². The summed E-state index contributed by atoms with van der Waals surface area (Å²) in [5.41, 5.74) is 0. The number of methoxy groups -OCH3 is 1. The van der Waals surface area contributed by atoms with Crippen molar-refractivity contribution < 1.29 is 4.74 Å². The maximum atomic E-state index is 4.96. The average molecular weight is 161 g/mol. The van der Waals surface area contributed by atoms with E-state index in [-0.39, 0.29) is 0 Å². The van der Waals surface area contributed by atoms with Gasteiger partial charge in [-0.05, 0) is 13.0 Å². The maximum absolute atomic E-state index is 4.96. The van der Waals surface area contributed by atoms with E-state index in [0.717, 1.165) is 17.6 Å². The molecule has 0 bridgehead atoms. The molecule has 0 saturated carbocycles. The van der Waals surface area contributed by atoms with Gasteiger partial charge >= 0.3 is 0 Å². The Morgan fingerprint density at radius 3 is 3.20 bits per heavy atom. The topological polar surface area (TPSA) is 21.3 Å². The molecular weight excluding hydrogens is 146 g/mol. The molecule has 0 spiro atoms. The number of hydrogen-bond donors (Lipinski definition) is 1. The lowest BCUT2D eigenvalue weighted by Crippen LogP contribution is -2.11. The summed E-state index contributed by atoms with van der Waals surface area (Å²) < 4.78 is 4.96. The van der Waals surface area contributed by atoms with Crippen LogP contribution in [0.2, 0.25) is 0 Å². The van der Waals surface area contributed by atoms with Crippen molar-refractivity contribution in [2.24, 2.45) is 0 Å². The van der Waals surface area contributed by atoms with Gasteiger partial charge in [0.25, 0.3) is 0 Å². The second kappa shape index (κ2) is 4.99. The van der Waals surface area contributed by atoms with Gasteiger partial charge < -0.3 is 10.1 Å². The summed E-state index contributed by atoms with van der Waals surface area (Å²) in [5.74, 6) is 1.14. The quantitative estimate of drug-likeness (QED) is 0.614. The highest BCUT2D eigenvalue weighted by Gasteiger charge is 2.13. The van der Waals surface area contributed by atoms with Crippen molar-refractivity contribution in [1.29, 1.82) is 0 Å². The van der Waals surface area contributed by atoms with Gasteiger partial charge in [-0.15, -0.1) is 0 Å². The molecule has 1 atom stereocenters. The van der Waals surface area contributed by atoms with E-state index in [0.29, 0.717) is 0 Å². The Morgan fingerprint density at radius 1 is 1.70 bits per heavy atom.